The number of nitrogens with one attached hydrogen (secondary N) is 1. The van der Waals surface area contributed by atoms with Crippen LogP contribution >= 0.6 is 0 Å². The van der Waals surface area contributed by atoms with Crippen LogP contribution in [0.5, 0.6) is 0 Å². The number of carbonyl (C=O) groups is 1. The van der Waals surface area contributed by atoms with Crippen molar-refractivity contribution in [1.82, 2.24) is 19.1 Å². The largest absolute Gasteiger partial charge is 0.347 e. The number of carbonyl (C=O) groups excluding carboxylic acids is 1. The lowest BCUT2D eigenvalue weighted by atomic mass is 10.1. The minimum absolute atomic E-state index is 0.147. The molecule has 0 spiro atoms. The first kappa shape index (κ1) is 22.5. The fraction of sp³-hybridized carbons (Fsp3) is 0.500. The molecule has 0 atom stereocenters. The number of aryl methyl sites for hydroxylation is 1. The molecule has 7 nitrogen and oxygen atoms in total. The number of sulfonamides is 1. The van der Waals surface area contributed by atoms with Gasteiger partial charge in [0.05, 0.1) is 0 Å². The fourth-order valence-corrected chi connectivity index (χ4v) is 5.48. The molecule has 1 aromatic carbocycles. The molecule has 1 aliphatic heterocycles. The summed E-state index contributed by atoms with van der Waals surface area (Å²) in [6, 6.07) is 9.60. The molecule has 0 bridgehead atoms. The van der Waals surface area contributed by atoms with Crippen molar-refractivity contribution in [3.63, 3.8) is 0 Å². The third-order valence-electron chi connectivity index (χ3n) is 5.71. The zero-order chi connectivity index (χ0) is 21.7. The zero-order valence-corrected chi connectivity index (χ0v) is 18.9. The highest BCUT2D eigenvalue weighted by Gasteiger charge is 2.25. The second-order valence-electron chi connectivity index (χ2n) is 7.70. The van der Waals surface area contributed by atoms with Gasteiger partial charge in [0, 0.05) is 39.4 Å². The summed E-state index contributed by atoms with van der Waals surface area (Å²) in [4.78, 5) is 15.4. The highest BCUT2D eigenvalue weighted by Crippen LogP contribution is 2.19. The van der Waals surface area contributed by atoms with Gasteiger partial charge < -0.3 is 9.88 Å². The highest BCUT2D eigenvalue weighted by molar-refractivity contribution is 7.89. The topological polar surface area (TPSA) is 74.7 Å². The van der Waals surface area contributed by atoms with E-state index in [0.29, 0.717) is 25.3 Å². The molecular formula is C22H32N4O3S. The Morgan fingerprint density at radius 3 is 2.37 bits per heavy atom. The minimum Gasteiger partial charge on any atom is -0.347 e. The summed E-state index contributed by atoms with van der Waals surface area (Å²) < 4.78 is 28.5. The summed E-state index contributed by atoms with van der Waals surface area (Å²) in [5.74, 6) is -0.283. The summed E-state index contributed by atoms with van der Waals surface area (Å²) in [6.07, 6.45) is 3.99. The van der Waals surface area contributed by atoms with Crippen LogP contribution in [0.3, 0.4) is 0 Å². The van der Waals surface area contributed by atoms with Gasteiger partial charge in [-0.05, 0) is 43.1 Å². The number of hydrogen-bond acceptors (Lipinski definition) is 4. The Morgan fingerprint density at radius 2 is 1.73 bits per heavy atom. The van der Waals surface area contributed by atoms with Crippen molar-refractivity contribution in [3.05, 3.63) is 53.3 Å². The first-order valence-electron chi connectivity index (χ1n) is 10.6. The highest BCUT2D eigenvalue weighted by atomic mass is 32.2. The molecule has 164 valence electrons. The number of aromatic nitrogens is 1. The van der Waals surface area contributed by atoms with Crippen LogP contribution in [0.4, 0.5) is 0 Å². The molecule has 3 rings (SSSR count). The van der Waals surface area contributed by atoms with Crippen molar-refractivity contribution in [3.8, 4) is 0 Å². The number of amides is 1. The maximum absolute atomic E-state index is 12.8. The molecule has 1 aromatic heterocycles. The van der Waals surface area contributed by atoms with Gasteiger partial charge >= 0.3 is 0 Å². The van der Waals surface area contributed by atoms with E-state index in [1.54, 1.807) is 25.5 Å². The van der Waals surface area contributed by atoms with Crippen molar-refractivity contribution < 1.29 is 13.2 Å². The Kier molecular flexibility index (Phi) is 7.33. The molecule has 1 fully saturated rings. The lowest BCUT2D eigenvalue weighted by Crippen LogP contribution is -2.30. The van der Waals surface area contributed by atoms with Crippen LogP contribution < -0.4 is 5.32 Å². The van der Waals surface area contributed by atoms with Gasteiger partial charge in [0.2, 0.25) is 10.0 Å². The molecular weight excluding hydrogens is 400 g/mol. The second kappa shape index (κ2) is 9.76. The molecule has 1 N–H and O–H groups in total. The van der Waals surface area contributed by atoms with Crippen LogP contribution in [0.2, 0.25) is 0 Å². The lowest BCUT2D eigenvalue weighted by molar-refractivity contribution is 0.0942. The SMILES string of the molecule is CCN(CC)S(=O)(=O)c1cc(C(=O)NCc2ccccc2CN2CCCC2)n(C)c1. The number of benzene rings is 1. The summed E-state index contributed by atoms with van der Waals surface area (Å²) in [5.41, 5.74) is 2.64. The molecule has 2 heterocycles. The van der Waals surface area contributed by atoms with E-state index in [4.69, 9.17) is 0 Å². The Morgan fingerprint density at radius 1 is 1.10 bits per heavy atom. The first-order chi connectivity index (χ1) is 14.4. The van der Waals surface area contributed by atoms with Crippen molar-refractivity contribution in [2.45, 2.75) is 44.7 Å². The van der Waals surface area contributed by atoms with Crippen LogP contribution in [0.25, 0.3) is 0 Å². The van der Waals surface area contributed by atoms with E-state index in [0.717, 1.165) is 25.2 Å². The van der Waals surface area contributed by atoms with Crippen LogP contribution in [-0.2, 0) is 30.2 Å². The van der Waals surface area contributed by atoms with Gasteiger partial charge in [-0.2, -0.15) is 4.31 Å². The molecule has 0 aliphatic carbocycles. The summed E-state index contributed by atoms with van der Waals surface area (Å²) in [5, 5.41) is 2.96. The van der Waals surface area contributed by atoms with Gasteiger partial charge in [0.1, 0.15) is 10.6 Å². The van der Waals surface area contributed by atoms with E-state index >= 15 is 0 Å². The Hall–Kier alpha value is -2.16. The third-order valence-corrected chi connectivity index (χ3v) is 7.72. The summed E-state index contributed by atoms with van der Waals surface area (Å²) in [7, 11) is -1.90. The lowest BCUT2D eigenvalue weighted by Gasteiger charge is -2.17. The molecule has 1 amide bonds. The Labute approximate surface area is 179 Å². The molecule has 0 unspecified atom stereocenters. The smallest absolute Gasteiger partial charge is 0.268 e. The van der Waals surface area contributed by atoms with Crippen molar-refractivity contribution in [2.75, 3.05) is 26.2 Å². The fourth-order valence-electron chi connectivity index (χ4n) is 3.95. The number of hydrogen-bond donors (Lipinski definition) is 1. The summed E-state index contributed by atoms with van der Waals surface area (Å²) in [6.45, 7) is 7.93. The van der Waals surface area contributed by atoms with Crippen molar-refractivity contribution in [2.24, 2.45) is 7.05 Å². The number of nitrogens with zero attached hydrogens (tertiary/aromatic N) is 3. The molecule has 2 aromatic rings. The maximum Gasteiger partial charge on any atom is 0.268 e. The van der Waals surface area contributed by atoms with Gasteiger partial charge in [-0.3, -0.25) is 9.69 Å². The molecule has 0 saturated carbocycles. The van der Waals surface area contributed by atoms with E-state index < -0.39 is 10.0 Å². The predicted octanol–water partition coefficient (Wildman–Crippen LogP) is 2.58. The van der Waals surface area contributed by atoms with Crippen molar-refractivity contribution in [1.29, 1.82) is 0 Å². The van der Waals surface area contributed by atoms with E-state index in [9.17, 15) is 13.2 Å². The van der Waals surface area contributed by atoms with Gasteiger partial charge in [-0.1, -0.05) is 38.1 Å². The van der Waals surface area contributed by atoms with Gasteiger partial charge in [-0.25, -0.2) is 8.42 Å². The Balaban J connectivity index is 1.71. The third kappa shape index (κ3) is 4.94. The molecule has 1 saturated heterocycles. The van der Waals surface area contributed by atoms with Crippen LogP contribution in [0.1, 0.15) is 48.3 Å². The van der Waals surface area contributed by atoms with Gasteiger partial charge in [-0.15, -0.1) is 0 Å². The number of rotatable bonds is 9. The van der Waals surface area contributed by atoms with E-state index in [-0.39, 0.29) is 10.8 Å². The average molecular weight is 433 g/mol. The van der Waals surface area contributed by atoms with Crippen LogP contribution in [0.15, 0.2) is 41.4 Å². The summed E-state index contributed by atoms with van der Waals surface area (Å²) >= 11 is 0. The van der Waals surface area contributed by atoms with Crippen LogP contribution in [0, 0.1) is 0 Å². The zero-order valence-electron chi connectivity index (χ0n) is 18.1. The molecule has 0 radical (unpaired) electrons. The Bertz CT molecular complexity index is 974. The van der Waals surface area contributed by atoms with E-state index in [2.05, 4.69) is 16.3 Å². The standard InChI is InChI=1S/C22H32N4O3S/c1-4-26(5-2)30(28,29)20-14-21(24(3)17-20)22(27)23-15-18-10-6-7-11-19(18)16-25-12-8-9-13-25/h6-7,10-11,14,17H,4-5,8-9,12-13,15-16H2,1-3H3,(H,23,27). The monoisotopic (exact) mass is 432 g/mol. The predicted molar refractivity (Wildman–Crippen MR) is 118 cm³/mol. The minimum atomic E-state index is -3.60. The number of likely N-dealkylation sites (tertiary alicyclic amines) is 1. The normalized spacial score (nSPS) is 15.1. The van der Waals surface area contributed by atoms with E-state index in [1.807, 2.05) is 18.2 Å². The van der Waals surface area contributed by atoms with Crippen LogP contribution in [-0.4, -0.2) is 54.3 Å². The second-order valence-corrected chi connectivity index (χ2v) is 9.63. The van der Waals surface area contributed by atoms with Crippen molar-refractivity contribution >= 4 is 15.9 Å². The molecule has 30 heavy (non-hydrogen) atoms. The average Bonchev–Trinajstić information content (AvgIpc) is 3.37. The quantitative estimate of drug-likeness (QED) is 0.661. The maximum atomic E-state index is 12.8. The van der Waals surface area contributed by atoms with Gasteiger partial charge in [0.15, 0.2) is 0 Å². The van der Waals surface area contributed by atoms with E-state index in [1.165, 1.54) is 35.0 Å². The van der Waals surface area contributed by atoms with Gasteiger partial charge in [0.25, 0.3) is 5.91 Å². The first-order valence-corrected chi connectivity index (χ1v) is 12.0. The molecule has 8 heteroatoms. The molecule has 1 aliphatic rings.